The third-order valence-corrected chi connectivity index (χ3v) is 4.48. The normalized spacial score (nSPS) is 28.7. The Morgan fingerprint density at radius 1 is 1.28 bits per heavy atom. The molecule has 1 aromatic heterocycles. The van der Waals surface area contributed by atoms with Crippen LogP contribution < -0.4 is 5.32 Å². The smallest absolute Gasteiger partial charge is 0.0825 e. The second-order valence-corrected chi connectivity index (χ2v) is 6.39. The number of anilines is 1. The summed E-state index contributed by atoms with van der Waals surface area (Å²) in [6, 6.07) is 0.601. The van der Waals surface area contributed by atoms with Gasteiger partial charge in [-0.25, -0.2) is 0 Å². The molecule has 0 saturated heterocycles. The van der Waals surface area contributed by atoms with E-state index in [4.69, 9.17) is 0 Å². The maximum absolute atomic E-state index is 4.28. The van der Waals surface area contributed by atoms with Crippen LogP contribution in [0.2, 0.25) is 0 Å². The minimum absolute atomic E-state index is 0.601. The van der Waals surface area contributed by atoms with Crippen LogP contribution >= 0.6 is 0 Å². The zero-order chi connectivity index (χ0) is 13.3. The van der Waals surface area contributed by atoms with Crippen LogP contribution in [0.5, 0.6) is 0 Å². The van der Waals surface area contributed by atoms with Crippen molar-refractivity contribution in [2.45, 2.75) is 59.9 Å². The zero-order valence-electron chi connectivity index (χ0n) is 12.4. The standard InChI is InChI=1S/C15H27N3/c1-9(2)13-7-6-10(3)8-14(13)16-15-11(4)17-18-12(15)5/h9-10,13-14,16H,6-8H2,1-5H3,(H,17,18). The minimum Gasteiger partial charge on any atom is -0.379 e. The monoisotopic (exact) mass is 249 g/mol. The van der Waals surface area contributed by atoms with Gasteiger partial charge < -0.3 is 5.32 Å². The average Bonchev–Trinajstić information content (AvgIpc) is 2.60. The number of nitrogens with one attached hydrogen (secondary N) is 2. The molecule has 3 atom stereocenters. The van der Waals surface area contributed by atoms with Gasteiger partial charge in [0.25, 0.3) is 0 Å². The van der Waals surface area contributed by atoms with Crippen LogP contribution in [-0.4, -0.2) is 16.2 Å². The average molecular weight is 249 g/mol. The van der Waals surface area contributed by atoms with Gasteiger partial charge in [0.15, 0.2) is 0 Å². The lowest BCUT2D eigenvalue weighted by Crippen LogP contribution is -2.38. The van der Waals surface area contributed by atoms with Gasteiger partial charge in [-0.15, -0.1) is 0 Å². The van der Waals surface area contributed by atoms with Crippen molar-refractivity contribution in [1.29, 1.82) is 0 Å². The van der Waals surface area contributed by atoms with Crippen LogP contribution in [0.3, 0.4) is 0 Å². The molecule has 2 rings (SSSR count). The quantitative estimate of drug-likeness (QED) is 0.853. The molecule has 0 bridgehead atoms. The number of aromatic nitrogens is 2. The van der Waals surface area contributed by atoms with Gasteiger partial charge in [0.05, 0.1) is 17.1 Å². The zero-order valence-corrected chi connectivity index (χ0v) is 12.4. The summed E-state index contributed by atoms with van der Waals surface area (Å²) in [5.41, 5.74) is 3.47. The molecule has 3 heteroatoms. The van der Waals surface area contributed by atoms with Gasteiger partial charge in [0, 0.05) is 6.04 Å². The molecule has 0 spiro atoms. The molecule has 1 aliphatic rings. The van der Waals surface area contributed by atoms with E-state index in [1.54, 1.807) is 0 Å². The van der Waals surface area contributed by atoms with E-state index in [9.17, 15) is 0 Å². The van der Waals surface area contributed by atoms with Gasteiger partial charge in [0.2, 0.25) is 0 Å². The molecule has 0 aromatic carbocycles. The molecule has 1 saturated carbocycles. The highest BCUT2D eigenvalue weighted by molar-refractivity contribution is 5.52. The van der Waals surface area contributed by atoms with Crippen molar-refractivity contribution in [3.63, 3.8) is 0 Å². The van der Waals surface area contributed by atoms with Crippen molar-refractivity contribution in [2.24, 2.45) is 17.8 Å². The topological polar surface area (TPSA) is 40.7 Å². The molecule has 3 unspecified atom stereocenters. The van der Waals surface area contributed by atoms with Crippen LogP contribution in [0.25, 0.3) is 0 Å². The Morgan fingerprint density at radius 3 is 2.56 bits per heavy atom. The van der Waals surface area contributed by atoms with E-state index in [2.05, 4.69) is 50.1 Å². The molecule has 3 nitrogen and oxygen atoms in total. The largest absolute Gasteiger partial charge is 0.379 e. The van der Waals surface area contributed by atoms with Crippen molar-refractivity contribution in [3.8, 4) is 0 Å². The van der Waals surface area contributed by atoms with Gasteiger partial charge >= 0.3 is 0 Å². The summed E-state index contributed by atoms with van der Waals surface area (Å²) in [5, 5.41) is 11.1. The lowest BCUT2D eigenvalue weighted by Gasteiger charge is -2.38. The first-order valence-electron chi connectivity index (χ1n) is 7.27. The number of rotatable bonds is 3. The van der Waals surface area contributed by atoms with E-state index in [1.165, 1.54) is 24.9 Å². The fourth-order valence-corrected chi connectivity index (χ4v) is 3.32. The van der Waals surface area contributed by atoms with E-state index in [-0.39, 0.29) is 0 Å². The summed E-state index contributed by atoms with van der Waals surface area (Å²) in [6.07, 6.45) is 4.02. The van der Waals surface area contributed by atoms with E-state index in [0.29, 0.717) is 6.04 Å². The van der Waals surface area contributed by atoms with Crippen molar-refractivity contribution < 1.29 is 0 Å². The van der Waals surface area contributed by atoms with Crippen LogP contribution in [0.15, 0.2) is 0 Å². The summed E-state index contributed by atoms with van der Waals surface area (Å²) in [6.45, 7) is 11.2. The summed E-state index contributed by atoms with van der Waals surface area (Å²) in [7, 11) is 0. The molecule has 102 valence electrons. The molecule has 1 fully saturated rings. The molecule has 2 N–H and O–H groups in total. The molecule has 0 amide bonds. The first-order valence-corrected chi connectivity index (χ1v) is 7.27. The van der Waals surface area contributed by atoms with E-state index in [0.717, 1.165) is 29.1 Å². The molecule has 1 aromatic rings. The predicted octanol–water partition coefficient (Wildman–Crippen LogP) is 3.90. The van der Waals surface area contributed by atoms with E-state index in [1.807, 2.05) is 0 Å². The fraction of sp³-hybridized carbons (Fsp3) is 0.800. The number of aromatic amines is 1. The summed E-state index contributed by atoms with van der Waals surface area (Å²) in [4.78, 5) is 0. The molecule has 0 radical (unpaired) electrons. The van der Waals surface area contributed by atoms with Crippen molar-refractivity contribution in [3.05, 3.63) is 11.4 Å². The Morgan fingerprint density at radius 2 is 2.00 bits per heavy atom. The van der Waals surface area contributed by atoms with Gasteiger partial charge in [-0.2, -0.15) is 5.10 Å². The first kappa shape index (κ1) is 13.4. The highest BCUT2D eigenvalue weighted by Crippen LogP contribution is 2.35. The fourth-order valence-electron chi connectivity index (χ4n) is 3.32. The van der Waals surface area contributed by atoms with Crippen molar-refractivity contribution >= 4 is 5.69 Å². The highest BCUT2D eigenvalue weighted by Gasteiger charge is 2.31. The summed E-state index contributed by atoms with van der Waals surface area (Å²) < 4.78 is 0. The number of H-pyrrole nitrogens is 1. The Kier molecular flexibility index (Phi) is 3.98. The number of aryl methyl sites for hydroxylation is 2. The van der Waals surface area contributed by atoms with Gasteiger partial charge in [-0.1, -0.05) is 27.2 Å². The highest BCUT2D eigenvalue weighted by atomic mass is 15.2. The summed E-state index contributed by atoms with van der Waals surface area (Å²) in [5.74, 6) is 2.38. The number of hydrogen-bond acceptors (Lipinski definition) is 2. The minimum atomic E-state index is 0.601. The van der Waals surface area contributed by atoms with Gasteiger partial charge in [-0.3, -0.25) is 5.10 Å². The van der Waals surface area contributed by atoms with Gasteiger partial charge in [-0.05, 0) is 44.4 Å². The molecule has 1 heterocycles. The van der Waals surface area contributed by atoms with Crippen LogP contribution in [-0.2, 0) is 0 Å². The Bertz CT molecular complexity index is 375. The lowest BCUT2D eigenvalue weighted by atomic mass is 9.74. The molecular formula is C15H27N3. The Hall–Kier alpha value is -0.990. The SMILES string of the molecule is Cc1n[nH]c(C)c1NC1CC(C)CCC1C(C)C. The van der Waals surface area contributed by atoms with Crippen LogP contribution in [0, 0.1) is 31.6 Å². The maximum Gasteiger partial charge on any atom is 0.0825 e. The Labute approximate surface area is 111 Å². The van der Waals surface area contributed by atoms with Crippen molar-refractivity contribution in [2.75, 3.05) is 5.32 Å². The number of hydrogen-bond donors (Lipinski definition) is 2. The second kappa shape index (κ2) is 5.33. The van der Waals surface area contributed by atoms with Gasteiger partial charge in [0.1, 0.15) is 0 Å². The van der Waals surface area contributed by atoms with E-state index < -0.39 is 0 Å². The van der Waals surface area contributed by atoms with Crippen LogP contribution in [0.1, 0.15) is 51.4 Å². The second-order valence-electron chi connectivity index (χ2n) is 6.39. The summed E-state index contributed by atoms with van der Waals surface area (Å²) >= 11 is 0. The first-order chi connectivity index (χ1) is 8.49. The molecule has 0 aliphatic heterocycles. The van der Waals surface area contributed by atoms with Crippen molar-refractivity contribution in [1.82, 2.24) is 10.2 Å². The third-order valence-electron chi connectivity index (χ3n) is 4.48. The lowest BCUT2D eigenvalue weighted by molar-refractivity contribution is 0.212. The van der Waals surface area contributed by atoms with E-state index >= 15 is 0 Å². The molecule has 1 aliphatic carbocycles. The predicted molar refractivity (Wildman–Crippen MR) is 76.8 cm³/mol. The molecule has 18 heavy (non-hydrogen) atoms. The van der Waals surface area contributed by atoms with Crippen LogP contribution in [0.4, 0.5) is 5.69 Å². The maximum atomic E-state index is 4.28. The molecular weight excluding hydrogens is 222 g/mol. The number of nitrogens with zero attached hydrogens (tertiary/aromatic N) is 1. The Balaban J connectivity index is 2.14. The third kappa shape index (κ3) is 2.70.